The van der Waals surface area contributed by atoms with Gasteiger partial charge >= 0.3 is 0 Å². The third-order valence-corrected chi connectivity index (χ3v) is 3.83. The van der Waals surface area contributed by atoms with Crippen LogP contribution in [0.4, 0.5) is 5.69 Å². The van der Waals surface area contributed by atoms with Crippen LogP contribution in [-0.2, 0) is 14.3 Å². The normalized spacial score (nSPS) is 17.6. The Morgan fingerprint density at radius 2 is 2.19 bits per heavy atom. The maximum Gasteiger partial charge on any atom is 0.254 e. The number of carbonyl (C=O) groups is 2. The summed E-state index contributed by atoms with van der Waals surface area (Å²) in [6.45, 7) is 1.79. The number of nitrogens with one attached hydrogen (secondary N) is 2. The number of morpholine rings is 1. The van der Waals surface area contributed by atoms with Crippen molar-refractivity contribution in [3.63, 3.8) is 0 Å². The van der Waals surface area contributed by atoms with Gasteiger partial charge < -0.3 is 21.1 Å². The number of ether oxygens (including phenoxy) is 1. The third-order valence-electron chi connectivity index (χ3n) is 2.73. The zero-order chi connectivity index (χ0) is 14.4. The lowest BCUT2D eigenvalue weighted by atomic mass is 10.2. The Hall–Kier alpha value is -1.28. The molecular weight excluding hydrogens is 314 g/mol. The van der Waals surface area contributed by atoms with Gasteiger partial charge in [-0.3, -0.25) is 9.59 Å². The van der Waals surface area contributed by atoms with Gasteiger partial charge in [-0.25, -0.2) is 0 Å². The van der Waals surface area contributed by atoms with Crippen molar-refractivity contribution in [3.8, 4) is 0 Å². The smallest absolute Gasteiger partial charge is 0.254 e. The number of nitrogens with two attached hydrogens (primary N) is 1. The number of amides is 2. The Labute approximate surface area is 133 Å². The Morgan fingerprint density at radius 1 is 1.43 bits per heavy atom. The molecule has 0 radical (unpaired) electrons. The molecule has 1 aliphatic rings. The molecule has 2 amide bonds. The van der Waals surface area contributed by atoms with Crippen LogP contribution in [0.15, 0.2) is 29.2 Å². The standard InChI is InChI=1S/C13H17N3O3S.ClH/c14-12(17)8-20-11-4-2-1-3-9(11)16-13(18)10-7-15-5-6-19-10;/h1-4,10,15H,5-8H2,(H2,14,17)(H,16,18);1H. The molecule has 1 saturated heterocycles. The predicted octanol–water partition coefficient (Wildman–Crippen LogP) is 0.613. The Kier molecular flexibility index (Phi) is 7.52. The van der Waals surface area contributed by atoms with Crippen molar-refractivity contribution in [1.29, 1.82) is 0 Å². The predicted molar refractivity (Wildman–Crippen MR) is 84.8 cm³/mol. The summed E-state index contributed by atoms with van der Waals surface area (Å²) >= 11 is 1.30. The number of carbonyl (C=O) groups excluding carboxylic acids is 2. The molecule has 1 heterocycles. The van der Waals surface area contributed by atoms with Crippen molar-refractivity contribution in [2.45, 2.75) is 11.0 Å². The molecule has 1 aliphatic heterocycles. The quantitative estimate of drug-likeness (QED) is 0.687. The van der Waals surface area contributed by atoms with E-state index in [0.29, 0.717) is 18.8 Å². The lowest BCUT2D eigenvalue weighted by molar-refractivity contribution is -0.128. The molecule has 1 atom stereocenters. The highest BCUT2D eigenvalue weighted by Gasteiger charge is 2.22. The molecule has 1 aromatic rings. The molecule has 0 saturated carbocycles. The number of hydrogen-bond acceptors (Lipinski definition) is 5. The second kappa shape index (κ2) is 8.89. The van der Waals surface area contributed by atoms with Gasteiger partial charge in [-0.2, -0.15) is 0 Å². The SMILES string of the molecule is Cl.NC(=O)CSc1ccccc1NC(=O)C1CNCCO1. The highest BCUT2D eigenvalue weighted by atomic mass is 35.5. The van der Waals surface area contributed by atoms with E-state index in [4.69, 9.17) is 10.5 Å². The van der Waals surface area contributed by atoms with Crippen LogP contribution in [0.25, 0.3) is 0 Å². The summed E-state index contributed by atoms with van der Waals surface area (Å²) in [5.41, 5.74) is 5.80. The van der Waals surface area contributed by atoms with E-state index in [2.05, 4.69) is 10.6 Å². The van der Waals surface area contributed by atoms with Crippen LogP contribution in [0.2, 0.25) is 0 Å². The van der Waals surface area contributed by atoms with Crippen LogP contribution < -0.4 is 16.4 Å². The molecular formula is C13H18ClN3O3S. The number of para-hydroxylation sites is 1. The van der Waals surface area contributed by atoms with E-state index in [1.165, 1.54) is 11.8 Å². The zero-order valence-electron chi connectivity index (χ0n) is 11.3. The van der Waals surface area contributed by atoms with E-state index in [0.717, 1.165) is 11.4 Å². The molecule has 1 fully saturated rings. The maximum atomic E-state index is 12.1. The summed E-state index contributed by atoms with van der Waals surface area (Å²) in [6, 6.07) is 7.29. The lowest BCUT2D eigenvalue weighted by Crippen LogP contribution is -2.45. The average Bonchev–Trinajstić information content (AvgIpc) is 2.47. The van der Waals surface area contributed by atoms with Crippen LogP contribution in [0.3, 0.4) is 0 Å². The number of hydrogen-bond donors (Lipinski definition) is 3. The van der Waals surface area contributed by atoms with E-state index in [-0.39, 0.29) is 24.1 Å². The number of anilines is 1. The molecule has 0 aromatic heterocycles. The second-order valence-corrected chi connectivity index (χ2v) is 5.32. The first-order valence-corrected chi connectivity index (χ1v) is 7.28. The molecule has 1 aromatic carbocycles. The minimum Gasteiger partial charge on any atom is -0.369 e. The van der Waals surface area contributed by atoms with Gasteiger partial charge in [0.2, 0.25) is 5.91 Å². The first-order valence-electron chi connectivity index (χ1n) is 6.30. The number of primary amides is 1. The molecule has 4 N–H and O–H groups in total. The Bertz CT molecular complexity index is 495. The van der Waals surface area contributed by atoms with E-state index < -0.39 is 12.0 Å². The van der Waals surface area contributed by atoms with Crippen molar-refractivity contribution in [1.82, 2.24) is 5.32 Å². The fourth-order valence-corrected chi connectivity index (χ4v) is 2.54. The van der Waals surface area contributed by atoms with Gasteiger partial charge in [0.25, 0.3) is 5.91 Å². The molecule has 116 valence electrons. The average molecular weight is 332 g/mol. The number of benzene rings is 1. The molecule has 0 spiro atoms. The van der Waals surface area contributed by atoms with Crippen LogP contribution >= 0.6 is 24.2 Å². The van der Waals surface area contributed by atoms with E-state index >= 15 is 0 Å². The van der Waals surface area contributed by atoms with Gasteiger partial charge in [-0.1, -0.05) is 12.1 Å². The monoisotopic (exact) mass is 331 g/mol. The van der Waals surface area contributed by atoms with E-state index in [1.54, 1.807) is 6.07 Å². The van der Waals surface area contributed by atoms with Crippen molar-refractivity contribution in [3.05, 3.63) is 24.3 Å². The highest BCUT2D eigenvalue weighted by Crippen LogP contribution is 2.26. The maximum absolute atomic E-state index is 12.1. The minimum atomic E-state index is -0.488. The number of halogens is 1. The number of rotatable bonds is 5. The van der Waals surface area contributed by atoms with Gasteiger partial charge in [0.15, 0.2) is 0 Å². The van der Waals surface area contributed by atoms with Crippen LogP contribution in [-0.4, -0.2) is 43.4 Å². The van der Waals surface area contributed by atoms with Crippen LogP contribution in [0.1, 0.15) is 0 Å². The van der Waals surface area contributed by atoms with Gasteiger partial charge in [0.05, 0.1) is 18.0 Å². The summed E-state index contributed by atoms with van der Waals surface area (Å²) in [4.78, 5) is 23.7. The fourth-order valence-electron chi connectivity index (χ4n) is 1.79. The summed E-state index contributed by atoms with van der Waals surface area (Å²) < 4.78 is 5.39. The van der Waals surface area contributed by atoms with Gasteiger partial charge in [0.1, 0.15) is 6.10 Å². The summed E-state index contributed by atoms with van der Waals surface area (Å²) in [5.74, 6) is -0.408. The van der Waals surface area contributed by atoms with Crippen molar-refractivity contribution in [2.24, 2.45) is 5.73 Å². The largest absolute Gasteiger partial charge is 0.369 e. The van der Waals surface area contributed by atoms with Crippen molar-refractivity contribution >= 4 is 41.7 Å². The van der Waals surface area contributed by atoms with E-state index in [9.17, 15) is 9.59 Å². The first kappa shape index (κ1) is 17.8. The molecule has 6 nitrogen and oxygen atoms in total. The summed E-state index contributed by atoms with van der Waals surface area (Å²) in [5, 5.41) is 5.93. The van der Waals surface area contributed by atoms with E-state index in [1.807, 2.05) is 18.2 Å². The topological polar surface area (TPSA) is 93.5 Å². The fraction of sp³-hybridized carbons (Fsp3) is 0.385. The zero-order valence-corrected chi connectivity index (χ0v) is 13.0. The van der Waals surface area contributed by atoms with Crippen molar-refractivity contribution < 1.29 is 14.3 Å². The number of thioether (sulfide) groups is 1. The molecule has 0 bridgehead atoms. The lowest BCUT2D eigenvalue weighted by Gasteiger charge is -2.23. The third kappa shape index (κ3) is 5.55. The van der Waals surface area contributed by atoms with Crippen LogP contribution in [0, 0.1) is 0 Å². The highest BCUT2D eigenvalue weighted by molar-refractivity contribution is 8.00. The van der Waals surface area contributed by atoms with Crippen LogP contribution in [0.5, 0.6) is 0 Å². The van der Waals surface area contributed by atoms with Gasteiger partial charge in [-0.05, 0) is 12.1 Å². The molecule has 8 heteroatoms. The second-order valence-electron chi connectivity index (χ2n) is 4.30. The van der Waals surface area contributed by atoms with Gasteiger partial charge in [0, 0.05) is 18.0 Å². The van der Waals surface area contributed by atoms with Gasteiger partial charge in [-0.15, -0.1) is 24.2 Å². The Morgan fingerprint density at radius 3 is 2.86 bits per heavy atom. The summed E-state index contributed by atoms with van der Waals surface area (Å²) in [7, 11) is 0. The molecule has 1 unspecified atom stereocenters. The molecule has 21 heavy (non-hydrogen) atoms. The summed E-state index contributed by atoms with van der Waals surface area (Å²) in [6.07, 6.45) is -0.488. The molecule has 0 aliphatic carbocycles. The Balaban J connectivity index is 0.00000220. The van der Waals surface area contributed by atoms with Crippen molar-refractivity contribution in [2.75, 3.05) is 30.8 Å². The first-order chi connectivity index (χ1) is 9.66. The minimum absolute atomic E-state index is 0. The molecule has 2 rings (SSSR count).